The third-order valence-corrected chi connectivity index (χ3v) is 6.38. The number of aromatic nitrogens is 2. The van der Waals surface area contributed by atoms with Crippen molar-refractivity contribution in [2.75, 3.05) is 13.1 Å². The zero-order valence-corrected chi connectivity index (χ0v) is 20.0. The summed E-state index contributed by atoms with van der Waals surface area (Å²) < 4.78 is 27.9. The van der Waals surface area contributed by atoms with Crippen molar-refractivity contribution < 1.29 is 18.4 Å². The molecule has 0 bridgehead atoms. The van der Waals surface area contributed by atoms with Gasteiger partial charge in [0.1, 0.15) is 17.5 Å². The van der Waals surface area contributed by atoms with Crippen molar-refractivity contribution in [2.45, 2.75) is 38.6 Å². The van der Waals surface area contributed by atoms with Gasteiger partial charge in [-0.1, -0.05) is 29.8 Å². The number of aryl methyl sites for hydroxylation is 1. The van der Waals surface area contributed by atoms with Crippen LogP contribution in [0.25, 0.3) is 0 Å². The number of benzene rings is 2. The minimum Gasteiger partial charge on any atom is -0.348 e. The third-order valence-electron chi connectivity index (χ3n) is 6.15. The Hall–Kier alpha value is -3.39. The number of likely N-dealkylation sites (tertiary alicyclic amines) is 1. The van der Waals surface area contributed by atoms with Gasteiger partial charge in [0, 0.05) is 42.3 Å². The van der Waals surface area contributed by atoms with Crippen LogP contribution in [0.5, 0.6) is 0 Å². The highest BCUT2D eigenvalue weighted by molar-refractivity contribution is 6.30. The van der Waals surface area contributed by atoms with Crippen LogP contribution < -0.4 is 5.32 Å². The Morgan fingerprint density at radius 1 is 1.11 bits per heavy atom. The Bertz CT molecular complexity index is 1230. The monoisotopic (exact) mass is 498 g/mol. The molecule has 4 rings (SSSR count). The Morgan fingerprint density at radius 2 is 1.80 bits per heavy atom. The van der Waals surface area contributed by atoms with Gasteiger partial charge < -0.3 is 10.2 Å². The lowest BCUT2D eigenvalue weighted by molar-refractivity contribution is -0.131. The fraction of sp³-hybridized carbons (Fsp3) is 0.308. The highest BCUT2D eigenvalue weighted by Crippen LogP contribution is 2.29. The highest BCUT2D eigenvalue weighted by atomic mass is 35.5. The number of amides is 2. The second kappa shape index (κ2) is 10.9. The molecule has 0 unspecified atom stereocenters. The van der Waals surface area contributed by atoms with Gasteiger partial charge in [-0.25, -0.2) is 18.7 Å². The molecule has 0 aliphatic carbocycles. The number of carbonyl (C=O) groups is 2. The quantitative estimate of drug-likeness (QED) is 0.539. The number of nitrogens with zero attached hydrogens (tertiary/aromatic N) is 3. The van der Waals surface area contributed by atoms with E-state index in [0.29, 0.717) is 54.6 Å². The van der Waals surface area contributed by atoms with Crippen molar-refractivity contribution >= 4 is 23.4 Å². The predicted octanol–water partition coefficient (Wildman–Crippen LogP) is 4.60. The van der Waals surface area contributed by atoms with Gasteiger partial charge in [0.25, 0.3) is 5.91 Å². The molecule has 182 valence electrons. The second-order valence-corrected chi connectivity index (χ2v) is 9.00. The van der Waals surface area contributed by atoms with E-state index in [1.165, 1.54) is 12.3 Å². The predicted molar refractivity (Wildman–Crippen MR) is 128 cm³/mol. The Morgan fingerprint density at radius 3 is 2.49 bits per heavy atom. The standard InChI is InChI=1S/C26H25ClF2N4O2/c1-16-30-15-21(26(35)31-14-17-4-2-5-19(27)12-17)25(32-16)18-8-10-33(11-9-18)24(34)13-20-22(28)6-3-7-23(20)29/h2-7,12,15,18H,8-11,13-14H2,1H3,(H,31,35). The lowest BCUT2D eigenvalue weighted by Gasteiger charge is -2.32. The normalized spacial score (nSPS) is 14.1. The van der Waals surface area contributed by atoms with Crippen LogP contribution >= 0.6 is 11.6 Å². The summed E-state index contributed by atoms with van der Waals surface area (Å²) >= 11 is 6.02. The van der Waals surface area contributed by atoms with Crippen molar-refractivity contribution in [3.8, 4) is 0 Å². The van der Waals surface area contributed by atoms with Gasteiger partial charge in [0.2, 0.25) is 5.91 Å². The molecule has 1 aliphatic rings. The molecule has 1 fully saturated rings. The van der Waals surface area contributed by atoms with Crippen LogP contribution in [-0.4, -0.2) is 39.8 Å². The number of hydrogen-bond acceptors (Lipinski definition) is 4. The molecule has 0 radical (unpaired) electrons. The second-order valence-electron chi connectivity index (χ2n) is 8.56. The SMILES string of the molecule is Cc1ncc(C(=O)NCc2cccc(Cl)c2)c(C2CCN(C(=O)Cc3c(F)cccc3F)CC2)n1. The van der Waals surface area contributed by atoms with Gasteiger partial charge in [0.15, 0.2) is 0 Å². The van der Waals surface area contributed by atoms with E-state index < -0.39 is 11.6 Å². The fourth-order valence-corrected chi connectivity index (χ4v) is 4.48. The molecular weight excluding hydrogens is 474 g/mol. The van der Waals surface area contributed by atoms with Crippen molar-refractivity contribution in [1.29, 1.82) is 0 Å². The highest BCUT2D eigenvalue weighted by Gasteiger charge is 2.29. The Kier molecular flexibility index (Phi) is 7.70. The molecule has 6 nitrogen and oxygen atoms in total. The van der Waals surface area contributed by atoms with Crippen LogP contribution in [0.1, 0.15) is 51.8 Å². The topological polar surface area (TPSA) is 75.2 Å². The van der Waals surface area contributed by atoms with Crippen LogP contribution in [0, 0.1) is 18.6 Å². The van der Waals surface area contributed by atoms with Gasteiger partial charge in [-0.15, -0.1) is 0 Å². The third kappa shape index (κ3) is 6.00. The van der Waals surface area contributed by atoms with Crippen molar-refractivity contribution in [1.82, 2.24) is 20.2 Å². The number of carbonyl (C=O) groups excluding carboxylic acids is 2. The van der Waals surface area contributed by atoms with Crippen LogP contribution in [0.3, 0.4) is 0 Å². The number of nitrogens with one attached hydrogen (secondary N) is 1. The average Bonchev–Trinajstić information content (AvgIpc) is 2.85. The van der Waals surface area contributed by atoms with E-state index in [2.05, 4.69) is 15.3 Å². The van der Waals surface area contributed by atoms with Crippen LogP contribution in [0.15, 0.2) is 48.7 Å². The Labute approximate surface area is 207 Å². The molecular formula is C26H25ClF2N4O2. The summed E-state index contributed by atoms with van der Waals surface area (Å²) in [6.07, 6.45) is 2.36. The molecule has 0 atom stereocenters. The first-order chi connectivity index (χ1) is 16.8. The molecule has 2 heterocycles. The Balaban J connectivity index is 1.41. The van der Waals surface area contributed by atoms with E-state index in [-0.39, 0.29) is 29.7 Å². The molecule has 9 heteroatoms. The van der Waals surface area contributed by atoms with Gasteiger partial charge in [-0.3, -0.25) is 9.59 Å². The first-order valence-corrected chi connectivity index (χ1v) is 11.8. The first-order valence-electron chi connectivity index (χ1n) is 11.4. The number of hydrogen-bond donors (Lipinski definition) is 1. The molecule has 1 aliphatic heterocycles. The summed E-state index contributed by atoms with van der Waals surface area (Å²) in [5.74, 6) is -1.55. The molecule has 2 aromatic carbocycles. The molecule has 0 saturated carbocycles. The van der Waals surface area contributed by atoms with Crippen LogP contribution in [-0.2, 0) is 17.8 Å². The maximum atomic E-state index is 13.9. The minimum absolute atomic E-state index is 0.0436. The molecule has 3 aromatic rings. The number of halogens is 3. The fourth-order valence-electron chi connectivity index (χ4n) is 4.26. The summed E-state index contributed by atoms with van der Waals surface area (Å²) in [4.78, 5) is 36.0. The van der Waals surface area contributed by atoms with Crippen LogP contribution in [0.4, 0.5) is 8.78 Å². The molecule has 1 aromatic heterocycles. The lowest BCUT2D eigenvalue weighted by Crippen LogP contribution is -2.39. The van der Waals surface area contributed by atoms with Gasteiger partial charge in [-0.2, -0.15) is 0 Å². The molecule has 1 N–H and O–H groups in total. The molecule has 2 amide bonds. The number of piperidine rings is 1. The van der Waals surface area contributed by atoms with Crippen molar-refractivity contribution in [3.05, 3.63) is 93.5 Å². The largest absolute Gasteiger partial charge is 0.348 e. The van der Waals surface area contributed by atoms with Gasteiger partial charge in [0.05, 0.1) is 17.7 Å². The van der Waals surface area contributed by atoms with E-state index >= 15 is 0 Å². The van der Waals surface area contributed by atoms with Crippen molar-refractivity contribution in [3.63, 3.8) is 0 Å². The van der Waals surface area contributed by atoms with E-state index in [1.54, 1.807) is 24.0 Å². The maximum Gasteiger partial charge on any atom is 0.254 e. The zero-order valence-electron chi connectivity index (χ0n) is 19.2. The molecule has 35 heavy (non-hydrogen) atoms. The van der Waals surface area contributed by atoms with Gasteiger partial charge >= 0.3 is 0 Å². The summed E-state index contributed by atoms with van der Waals surface area (Å²) in [6, 6.07) is 10.8. The van der Waals surface area contributed by atoms with Crippen molar-refractivity contribution in [2.24, 2.45) is 0 Å². The summed E-state index contributed by atoms with van der Waals surface area (Å²) in [6.45, 7) is 2.89. The zero-order chi connectivity index (χ0) is 24.9. The lowest BCUT2D eigenvalue weighted by atomic mass is 9.90. The summed E-state index contributed by atoms with van der Waals surface area (Å²) in [7, 11) is 0. The maximum absolute atomic E-state index is 13.9. The van der Waals surface area contributed by atoms with Crippen LogP contribution in [0.2, 0.25) is 5.02 Å². The van der Waals surface area contributed by atoms with E-state index in [4.69, 9.17) is 11.6 Å². The average molecular weight is 499 g/mol. The minimum atomic E-state index is -0.724. The first kappa shape index (κ1) is 24.7. The summed E-state index contributed by atoms with van der Waals surface area (Å²) in [5, 5.41) is 3.49. The molecule has 1 saturated heterocycles. The van der Waals surface area contributed by atoms with E-state index in [0.717, 1.165) is 17.7 Å². The smallest absolute Gasteiger partial charge is 0.254 e. The van der Waals surface area contributed by atoms with E-state index in [1.807, 2.05) is 12.1 Å². The molecule has 0 spiro atoms. The van der Waals surface area contributed by atoms with E-state index in [9.17, 15) is 18.4 Å². The van der Waals surface area contributed by atoms with Gasteiger partial charge in [-0.05, 0) is 49.6 Å². The number of rotatable bonds is 6. The summed E-state index contributed by atoms with van der Waals surface area (Å²) in [5.41, 5.74) is 1.70.